The molecule has 1 aliphatic carbocycles. The van der Waals surface area contributed by atoms with Crippen molar-refractivity contribution >= 4 is 15.8 Å². The van der Waals surface area contributed by atoms with Crippen LogP contribution in [-0.4, -0.2) is 62.6 Å². The maximum Gasteiger partial charge on any atom is 0.326 e. The first-order valence-electron chi connectivity index (χ1n) is 7.60. The third kappa shape index (κ3) is 3.57. The van der Waals surface area contributed by atoms with Crippen LogP contribution in [0.1, 0.15) is 32.6 Å². The number of esters is 1. The highest BCUT2D eigenvalue weighted by molar-refractivity contribution is 7.91. The highest BCUT2D eigenvalue weighted by Crippen LogP contribution is 2.37. The SMILES string of the molecule is COC(=O)C1(N)CCCC1CCN1CCS(=O)(=O)CC1C. The van der Waals surface area contributed by atoms with Crippen molar-refractivity contribution in [2.75, 3.05) is 31.7 Å². The van der Waals surface area contributed by atoms with E-state index >= 15 is 0 Å². The zero-order valence-corrected chi connectivity index (χ0v) is 13.7. The lowest BCUT2D eigenvalue weighted by molar-refractivity contribution is -0.148. The van der Waals surface area contributed by atoms with Crippen LogP contribution in [0.2, 0.25) is 0 Å². The summed E-state index contributed by atoms with van der Waals surface area (Å²) in [4.78, 5) is 14.1. The van der Waals surface area contributed by atoms with E-state index in [0.29, 0.717) is 13.0 Å². The van der Waals surface area contributed by atoms with Gasteiger partial charge in [0.1, 0.15) is 5.54 Å². The van der Waals surface area contributed by atoms with Crippen molar-refractivity contribution in [3.05, 3.63) is 0 Å². The van der Waals surface area contributed by atoms with E-state index in [4.69, 9.17) is 10.5 Å². The van der Waals surface area contributed by atoms with Gasteiger partial charge in [-0.1, -0.05) is 6.42 Å². The molecule has 2 aliphatic rings. The van der Waals surface area contributed by atoms with Gasteiger partial charge in [-0.15, -0.1) is 0 Å². The van der Waals surface area contributed by atoms with Gasteiger partial charge >= 0.3 is 5.97 Å². The monoisotopic (exact) mass is 318 g/mol. The van der Waals surface area contributed by atoms with Crippen LogP contribution in [0.4, 0.5) is 0 Å². The number of hydrogen-bond acceptors (Lipinski definition) is 6. The Morgan fingerprint density at radius 2 is 2.19 bits per heavy atom. The van der Waals surface area contributed by atoms with Crippen molar-refractivity contribution in [1.29, 1.82) is 0 Å². The molecule has 0 spiro atoms. The van der Waals surface area contributed by atoms with Gasteiger partial charge in [0.25, 0.3) is 0 Å². The Labute approximate surface area is 126 Å². The second-order valence-corrected chi connectivity index (χ2v) is 8.64. The molecule has 0 amide bonds. The Kier molecular flexibility index (Phi) is 4.95. The molecule has 0 aromatic rings. The topological polar surface area (TPSA) is 89.7 Å². The number of carbonyl (C=O) groups excluding carboxylic acids is 1. The van der Waals surface area contributed by atoms with Gasteiger partial charge < -0.3 is 10.5 Å². The quantitative estimate of drug-likeness (QED) is 0.743. The van der Waals surface area contributed by atoms with Crippen LogP contribution < -0.4 is 5.73 Å². The minimum Gasteiger partial charge on any atom is -0.468 e. The summed E-state index contributed by atoms with van der Waals surface area (Å²) in [5.74, 6) is 0.254. The molecule has 0 aromatic carbocycles. The molecule has 0 bridgehead atoms. The Balaban J connectivity index is 1.92. The van der Waals surface area contributed by atoms with Gasteiger partial charge in [-0.05, 0) is 38.6 Å². The van der Waals surface area contributed by atoms with Crippen LogP contribution in [0.25, 0.3) is 0 Å². The van der Waals surface area contributed by atoms with Crippen LogP contribution in [0, 0.1) is 5.92 Å². The summed E-state index contributed by atoms with van der Waals surface area (Å²) < 4.78 is 28.0. The summed E-state index contributed by atoms with van der Waals surface area (Å²) >= 11 is 0. The fourth-order valence-electron chi connectivity index (χ4n) is 3.65. The molecule has 2 rings (SSSR count). The van der Waals surface area contributed by atoms with Gasteiger partial charge in [0.05, 0.1) is 18.6 Å². The van der Waals surface area contributed by atoms with Gasteiger partial charge in [-0.2, -0.15) is 0 Å². The summed E-state index contributed by atoms with van der Waals surface area (Å²) in [7, 11) is -1.50. The molecule has 2 N–H and O–H groups in total. The van der Waals surface area contributed by atoms with Crippen molar-refractivity contribution in [3.8, 4) is 0 Å². The summed E-state index contributed by atoms with van der Waals surface area (Å²) in [6.45, 7) is 3.31. The van der Waals surface area contributed by atoms with Crippen LogP contribution in [-0.2, 0) is 19.4 Å². The van der Waals surface area contributed by atoms with Crippen molar-refractivity contribution in [2.24, 2.45) is 11.7 Å². The minimum atomic E-state index is -2.88. The van der Waals surface area contributed by atoms with E-state index in [-0.39, 0.29) is 29.4 Å². The molecule has 1 saturated carbocycles. The normalized spacial score (nSPS) is 36.5. The van der Waals surface area contributed by atoms with Gasteiger partial charge in [0.15, 0.2) is 9.84 Å². The second kappa shape index (κ2) is 6.22. The van der Waals surface area contributed by atoms with Crippen LogP contribution in [0.15, 0.2) is 0 Å². The highest BCUT2D eigenvalue weighted by atomic mass is 32.2. The molecule has 6 nitrogen and oxygen atoms in total. The van der Waals surface area contributed by atoms with Crippen LogP contribution in [0.3, 0.4) is 0 Å². The van der Waals surface area contributed by atoms with Crippen molar-refractivity contribution < 1.29 is 17.9 Å². The molecule has 0 radical (unpaired) electrons. The van der Waals surface area contributed by atoms with Crippen LogP contribution in [0.5, 0.6) is 0 Å². The molecule has 0 aromatic heterocycles. The first-order chi connectivity index (χ1) is 9.78. The smallest absolute Gasteiger partial charge is 0.326 e. The third-order valence-corrected chi connectivity index (χ3v) is 6.80. The average Bonchev–Trinajstić information content (AvgIpc) is 2.79. The maximum absolute atomic E-state index is 11.9. The standard InChI is InChI=1S/C14H26N2O4S/c1-11-10-21(18,19)9-8-16(11)7-5-12-4-3-6-14(12,15)13(17)20-2/h11-12H,3-10,15H2,1-2H3. The summed E-state index contributed by atoms with van der Waals surface area (Å²) in [5, 5.41) is 0. The highest BCUT2D eigenvalue weighted by Gasteiger charge is 2.46. The predicted molar refractivity (Wildman–Crippen MR) is 80.6 cm³/mol. The van der Waals surface area contributed by atoms with Crippen molar-refractivity contribution in [3.63, 3.8) is 0 Å². The molecule has 1 aliphatic heterocycles. The lowest BCUT2D eigenvalue weighted by Gasteiger charge is -2.35. The molecular formula is C14H26N2O4S. The Morgan fingerprint density at radius 3 is 2.81 bits per heavy atom. The zero-order chi connectivity index (χ0) is 15.7. The Bertz CT molecular complexity index is 493. The average molecular weight is 318 g/mol. The van der Waals surface area contributed by atoms with E-state index in [1.807, 2.05) is 6.92 Å². The molecule has 21 heavy (non-hydrogen) atoms. The number of nitrogens with two attached hydrogens (primary N) is 1. The molecule has 122 valence electrons. The fraction of sp³-hybridized carbons (Fsp3) is 0.929. The first-order valence-corrected chi connectivity index (χ1v) is 9.42. The number of nitrogens with zero attached hydrogens (tertiary/aromatic N) is 1. The number of methoxy groups -OCH3 is 1. The predicted octanol–water partition coefficient (Wildman–Crippen LogP) is 0.166. The molecule has 3 unspecified atom stereocenters. The largest absolute Gasteiger partial charge is 0.468 e. The molecule has 1 heterocycles. The van der Waals surface area contributed by atoms with E-state index in [2.05, 4.69) is 4.90 Å². The van der Waals surface area contributed by atoms with Gasteiger partial charge in [0, 0.05) is 12.6 Å². The molecule has 2 fully saturated rings. The number of ether oxygens (including phenoxy) is 1. The first kappa shape index (κ1) is 16.7. The van der Waals surface area contributed by atoms with E-state index in [9.17, 15) is 13.2 Å². The van der Waals surface area contributed by atoms with Crippen molar-refractivity contribution in [1.82, 2.24) is 4.90 Å². The molecule has 3 atom stereocenters. The molecule has 1 saturated heterocycles. The van der Waals surface area contributed by atoms with Gasteiger partial charge in [0.2, 0.25) is 0 Å². The van der Waals surface area contributed by atoms with E-state index in [0.717, 1.165) is 25.8 Å². The minimum absolute atomic E-state index is 0.0375. The molecule has 7 heteroatoms. The number of rotatable bonds is 4. The van der Waals surface area contributed by atoms with E-state index in [1.54, 1.807) is 0 Å². The lowest BCUT2D eigenvalue weighted by atomic mass is 9.85. The van der Waals surface area contributed by atoms with Crippen molar-refractivity contribution in [2.45, 2.75) is 44.2 Å². The van der Waals surface area contributed by atoms with Crippen LogP contribution >= 0.6 is 0 Å². The van der Waals surface area contributed by atoms with E-state index in [1.165, 1.54) is 7.11 Å². The summed E-state index contributed by atoms with van der Waals surface area (Å²) in [6.07, 6.45) is 3.37. The zero-order valence-electron chi connectivity index (χ0n) is 12.9. The summed E-state index contributed by atoms with van der Waals surface area (Å²) in [6, 6.07) is 0.0375. The number of hydrogen-bond donors (Lipinski definition) is 1. The lowest BCUT2D eigenvalue weighted by Crippen LogP contribution is -2.53. The molecular weight excluding hydrogens is 292 g/mol. The maximum atomic E-state index is 11.9. The van der Waals surface area contributed by atoms with Gasteiger partial charge in [-0.3, -0.25) is 9.69 Å². The Morgan fingerprint density at radius 1 is 1.48 bits per heavy atom. The second-order valence-electron chi connectivity index (χ2n) is 6.41. The third-order valence-electron chi connectivity index (χ3n) is 5.01. The van der Waals surface area contributed by atoms with Gasteiger partial charge in [-0.25, -0.2) is 8.42 Å². The Hall–Kier alpha value is -0.660. The number of sulfone groups is 1. The number of carbonyl (C=O) groups is 1. The van der Waals surface area contributed by atoms with E-state index < -0.39 is 15.4 Å². The summed E-state index contributed by atoms with van der Waals surface area (Å²) in [5.41, 5.74) is 5.40. The fourth-order valence-corrected chi connectivity index (χ4v) is 5.28.